The number of hydrogen-bond acceptors (Lipinski definition) is 5. The van der Waals surface area contributed by atoms with Crippen molar-refractivity contribution >= 4 is 5.97 Å². The van der Waals surface area contributed by atoms with Gasteiger partial charge in [-0.2, -0.15) is 5.10 Å². The van der Waals surface area contributed by atoms with E-state index in [2.05, 4.69) is 12.1 Å². The maximum Gasteiger partial charge on any atom is 0.302 e. The molecule has 1 heterocycles. The van der Waals surface area contributed by atoms with Crippen LogP contribution < -0.4 is 4.74 Å². The summed E-state index contributed by atoms with van der Waals surface area (Å²) in [7, 11) is 1.63. The summed E-state index contributed by atoms with van der Waals surface area (Å²) in [5.74, 6) is 0.449. The summed E-state index contributed by atoms with van der Waals surface area (Å²) in [5, 5.41) is 15.4. The lowest BCUT2D eigenvalue weighted by molar-refractivity contribution is -0.146. The lowest BCUT2D eigenvalue weighted by Crippen LogP contribution is -2.13. The molecule has 1 aromatic heterocycles. The number of nitrogens with zero attached hydrogens (tertiary/aromatic N) is 2. The molecule has 0 aliphatic carbocycles. The van der Waals surface area contributed by atoms with Crippen LogP contribution in [-0.2, 0) is 9.53 Å². The van der Waals surface area contributed by atoms with Gasteiger partial charge >= 0.3 is 5.97 Å². The SMILES string of the molecule is COc1ccc(-n2nc(C(O)CCC(C)OC(C)=O)cc2-c2ccc(C)cc2)cc1. The zero-order chi connectivity index (χ0) is 21.7. The van der Waals surface area contributed by atoms with Gasteiger partial charge in [-0.25, -0.2) is 4.68 Å². The van der Waals surface area contributed by atoms with Crippen LogP contribution in [0.1, 0.15) is 44.1 Å². The summed E-state index contributed by atoms with van der Waals surface area (Å²) in [6.07, 6.45) is -0.0127. The second-order valence-electron chi connectivity index (χ2n) is 7.44. The summed E-state index contributed by atoms with van der Waals surface area (Å²) in [4.78, 5) is 11.1. The molecule has 3 aromatic rings. The zero-order valence-corrected chi connectivity index (χ0v) is 17.8. The first-order valence-corrected chi connectivity index (χ1v) is 10.0. The second kappa shape index (κ2) is 9.59. The number of aryl methyl sites for hydroxylation is 1. The molecule has 2 aromatic carbocycles. The van der Waals surface area contributed by atoms with Crippen molar-refractivity contribution < 1.29 is 19.4 Å². The Morgan fingerprint density at radius 3 is 2.37 bits per heavy atom. The monoisotopic (exact) mass is 408 g/mol. The van der Waals surface area contributed by atoms with Crippen LogP contribution in [0.2, 0.25) is 0 Å². The number of esters is 1. The highest BCUT2D eigenvalue weighted by Crippen LogP contribution is 2.29. The molecule has 0 amide bonds. The Balaban J connectivity index is 1.91. The van der Waals surface area contributed by atoms with E-state index in [1.165, 1.54) is 12.5 Å². The fourth-order valence-corrected chi connectivity index (χ4v) is 3.30. The van der Waals surface area contributed by atoms with E-state index in [4.69, 9.17) is 14.6 Å². The molecule has 30 heavy (non-hydrogen) atoms. The lowest BCUT2D eigenvalue weighted by atomic mass is 10.1. The van der Waals surface area contributed by atoms with Crippen LogP contribution in [0, 0.1) is 6.92 Å². The van der Waals surface area contributed by atoms with Gasteiger partial charge in [0.1, 0.15) is 5.75 Å². The summed E-state index contributed by atoms with van der Waals surface area (Å²) >= 11 is 0. The van der Waals surface area contributed by atoms with Crippen LogP contribution in [0.4, 0.5) is 0 Å². The molecule has 0 aliphatic rings. The van der Waals surface area contributed by atoms with Gasteiger partial charge in [0.15, 0.2) is 0 Å². The largest absolute Gasteiger partial charge is 0.497 e. The smallest absolute Gasteiger partial charge is 0.302 e. The average molecular weight is 408 g/mol. The Kier molecular flexibility index (Phi) is 6.90. The molecule has 0 aliphatic heterocycles. The van der Waals surface area contributed by atoms with Gasteiger partial charge in [-0.3, -0.25) is 4.79 Å². The van der Waals surface area contributed by atoms with Gasteiger partial charge in [0, 0.05) is 12.5 Å². The number of rotatable bonds is 8. The van der Waals surface area contributed by atoms with Crippen molar-refractivity contribution in [2.75, 3.05) is 7.11 Å². The van der Waals surface area contributed by atoms with Crippen molar-refractivity contribution in [2.24, 2.45) is 0 Å². The van der Waals surface area contributed by atoms with E-state index in [-0.39, 0.29) is 12.1 Å². The molecule has 0 saturated carbocycles. The first-order valence-electron chi connectivity index (χ1n) is 10.0. The molecule has 1 N–H and O–H groups in total. The molecule has 0 bridgehead atoms. The van der Waals surface area contributed by atoms with Crippen LogP contribution in [0.3, 0.4) is 0 Å². The zero-order valence-electron chi connectivity index (χ0n) is 17.8. The number of ether oxygens (including phenoxy) is 2. The summed E-state index contributed by atoms with van der Waals surface area (Å²) in [5.41, 5.74) is 4.53. The molecule has 0 spiro atoms. The number of hydrogen-bond donors (Lipinski definition) is 1. The quantitative estimate of drug-likeness (QED) is 0.551. The fourth-order valence-electron chi connectivity index (χ4n) is 3.30. The van der Waals surface area contributed by atoms with Gasteiger partial charge in [-0.05, 0) is 57.0 Å². The van der Waals surface area contributed by atoms with E-state index >= 15 is 0 Å². The van der Waals surface area contributed by atoms with Crippen molar-refractivity contribution in [1.29, 1.82) is 0 Å². The highest BCUT2D eigenvalue weighted by molar-refractivity contribution is 5.66. The molecule has 6 heteroatoms. The van der Waals surface area contributed by atoms with Crippen molar-refractivity contribution in [2.45, 2.75) is 45.8 Å². The molecule has 6 nitrogen and oxygen atoms in total. The minimum absolute atomic E-state index is 0.252. The summed E-state index contributed by atoms with van der Waals surface area (Å²) in [6, 6.07) is 17.7. The minimum Gasteiger partial charge on any atom is -0.497 e. The van der Waals surface area contributed by atoms with Crippen LogP contribution in [0.15, 0.2) is 54.6 Å². The van der Waals surface area contributed by atoms with E-state index in [1.807, 2.05) is 61.0 Å². The topological polar surface area (TPSA) is 73.6 Å². The number of carbonyl (C=O) groups excluding carboxylic acids is 1. The van der Waals surface area contributed by atoms with Gasteiger partial charge in [0.05, 0.1) is 36.4 Å². The molecule has 3 rings (SSSR count). The van der Waals surface area contributed by atoms with Gasteiger partial charge < -0.3 is 14.6 Å². The first-order chi connectivity index (χ1) is 14.4. The van der Waals surface area contributed by atoms with E-state index in [0.717, 1.165) is 22.7 Å². The Labute approximate surface area is 177 Å². The first kappa shape index (κ1) is 21.6. The van der Waals surface area contributed by atoms with Crippen molar-refractivity contribution in [3.8, 4) is 22.7 Å². The van der Waals surface area contributed by atoms with Gasteiger partial charge in [0.25, 0.3) is 0 Å². The second-order valence-corrected chi connectivity index (χ2v) is 7.44. The standard InChI is InChI=1S/C24H28N2O4/c1-16-5-8-19(9-6-16)23-15-22(24(28)14-7-17(2)30-18(3)27)25-26(23)20-10-12-21(29-4)13-11-20/h5-6,8-13,15,17,24,28H,7,14H2,1-4H3. The average Bonchev–Trinajstić information content (AvgIpc) is 3.17. The van der Waals surface area contributed by atoms with Crippen LogP contribution in [0.25, 0.3) is 16.9 Å². The van der Waals surface area contributed by atoms with Crippen molar-refractivity contribution in [3.05, 3.63) is 65.9 Å². The number of benzene rings is 2. The predicted octanol–water partition coefficient (Wildman–Crippen LogP) is 4.62. The molecule has 2 unspecified atom stereocenters. The maximum absolute atomic E-state index is 11.1. The number of carbonyl (C=O) groups is 1. The Morgan fingerprint density at radius 1 is 1.10 bits per heavy atom. The summed E-state index contributed by atoms with van der Waals surface area (Å²) < 4.78 is 12.2. The normalized spacial score (nSPS) is 13.0. The molecule has 2 atom stereocenters. The van der Waals surface area contributed by atoms with Crippen molar-refractivity contribution in [1.82, 2.24) is 9.78 Å². The molecular formula is C24H28N2O4. The van der Waals surface area contributed by atoms with Gasteiger partial charge in [-0.15, -0.1) is 0 Å². The molecule has 0 saturated heterocycles. The van der Waals surface area contributed by atoms with E-state index in [9.17, 15) is 9.90 Å². The number of aromatic nitrogens is 2. The van der Waals surface area contributed by atoms with Crippen LogP contribution in [0.5, 0.6) is 5.75 Å². The van der Waals surface area contributed by atoms with Gasteiger partial charge in [-0.1, -0.05) is 29.8 Å². The highest BCUT2D eigenvalue weighted by atomic mass is 16.5. The third kappa shape index (κ3) is 5.27. The van der Waals surface area contributed by atoms with Crippen LogP contribution in [-0.4, -0.2) is 34.1 Å². The van der Waals surface area contributed by atoms with Gasteiger partial charge in [0.2, 0.25) is 0 Å². The number of methoxy groups -OCH3 is 1. The lowest BCUT2D eigenvalue weighted by Gasteiger charge is -2.13. The Morgan fingerprint density at radius 2 is 1.77 bits per heavy atom. The highest BCUT2D eigenvalue weighted by Gasteiger charge is 2.19. The number of aliphatic hydroxyl groups is 1. The van der Waals surface area contributed by atoms with Crippen LogP contribution >= 0.6 is 0 Å². The molecule has 158 valence electrons. The Hall–Kier alpha value is -3.12. The number of aliphatic hydroxyl groups excluding tert-OH is 1. The third-order valence-corrected chi connectivity index (χ3v) is 4.95. The predicted molar refractivity (Wildman–Crippen MR) is 116 cm³/mol. The molecular weight excluding hydrogens is 380 g/mol. The Bertz CT molecular complexity index is 977. The van der Waals surface area contributed by atoms with E-state index < -0.39 is 6.10 Å². The third-order valence-electron chi connectivity index (χ3n) is 4.95. The fraction of sp³-hybridized carbons (Fsp3) is 0.333. The van der Waals surface area contributed by atoms with E-state index in [1.54, 1.807) is 7.11 Å². The summed E-state index contributed by atoms with van der Waals surface area (Å²) in [6.45, 7) is 5.25. The van der Waals surface area contributed by atoms with Crippen molar-refractivity contribution in [3.63, 3.8) is 0 Å². The maximum atomic E-state index is 11.1. The molecule has 0 fully saturated rings. The molecule has 0 radical (unpaired) electrons. The van der Waals surface area contributed by atoms with E-state index in [0.29, 0.717) is 18.5 Å². The minimum atomic E-state index is -0.758.